The molecule has 0 aliphatic heterocycles. The molecule has 0 atom stereocenters. The fourth-order valence-electron chi connectivity index (χ4n) is 3.65. The Morgan fingerprint density at radius 2 is 1.54 bits per heavy atom. The molecule has 0 fully saturated rings. The molecule has 46 heavy (non-hydrogen) atoms. The minimum absolute atomic E-state index is 0.133. The topological polar surface area (TPSA) is 61.8 Å². The van der Waals surface area contributed by atoms with Gasteiger partial charge < -0.3 is 11.1 Å². The second-order valence-corrected chi connectivity index (χ2v) is 11.5. The predicted molar refractivity (Wildman–Crippen MR) is 205 cm³/mol. The van der Waals surface area contributed by atoms with E-state index < -0.39 is 0 Å². The normalized spacial score (nSPS) is 10.5. The van der Waals surface area contributed by atoms with Crippen LogP contribution in [0.25, 0.3) is 5.57 Å². The lowest BCUT2D eigenvalue weighted by Crippen LogP contribution is -2.20. The van der Waals surface area contributed by atoms with Crippen LogP contribution in [0.5, 0.6) is 0 Å². The lowest BCUT2D eigenvalue weighted by molar-refractivity contribution is 0.600. The summed E-state index contributed by atoms with van der Waals surface area (Å²) >= 11 is 0. The molecule has 256 valence electrons. The molecular formula is C42H66FN3. The number of rotatable bonds is 12. The first kappa shape index (κ1) is 46.7. The minimum atomic E-state index is -0.133. The molecule has 0 heterocycles. The Morgan fingerprint density at radius 1 is 0.957 bits per heavy atom. The van der Waals surface area contributed by atoms with E-state index in [2.05, 4.69) is 85.7 Å². The first-order chi connectivity index (χ1) is 21.8. The van der Waals surface area contributed by atoms with E-state index in [-0.39, 0.29) is 5.82 Å². The Kier molecular flexibility index (Phi) is 30.5. The van der Waals surface area contributed by atoms with Crippen LogP contribution in [-0.2, 0) is 6.42 Å². The van der Waals surface area contributed by atoms with Crippen molar-refractivity contribution >= 4 is 5.57 Å². The van der Waals surface area contributed by atoms with Crippen molar-refractivity contribution in [2.45, 2.75) is 108 Å². The molecule has 0 saturated carbocycles. The highest BCUT2D eigenvalue weighted by molar-refractivity contribution is 5.73. The van der Waals surface area contributed by atoms with E-state index in [0.717, 1.165) is 71.5 Å². The van der Waals surface area contributed by atoms with Gasteiger partial charge in [0.1, 0.15) is 5.82 Å². The third kappa shape index (κ3) is 23.7. The second-order valence-electron chi connectivity index (χ2n) is 11.5. The van der Waals surface area contributed by atoms with Crippen LogP contribution in [0.3, 0.4) is 0 Å². The van der Waals surface area contributed by atoms with Crippen LogP contribution in [0.4, 0.5) is 4.39 Å². The molecule has 2 rings (SSSR count). The van der Waals surface area contributed by atoms with Gasteiger partial charge in [-0.25, -0.2) is 4.39 Å². The highest BCUT2D eigenvalue weighted by Gasteiger charge is 2.10. The van der Waals surface area contributed by atoms with Crippen LogP contribution in [0, 0.1) is 23.1 Å². The number of nitrogens with zero attached hydrogens (tertiary/aromatic N) is 1. The number of benzene rings is 2. The average Bonchev–Trinajstić information content (AvgIpc) is 3.03. The Balaban J connectivity index is -0.000000714. The summed E-state index contributed by atoms with van der Waals surface area (Å²) in [4.78, 5) is 0. The number of nitrogens with two attached hydrogens (primary N) is 1. The van der Waals surface area contributed by atoms with Gasteiger partial charge in [0, 0.05) is 12.2 Å². The average molecular weight is 632 g/mol. The molecule has 0 radical (unpaired) electrons. The van der Waals surface area contributed by atoms with E-state index in [9.17, 15) is 9.65 Å². The van der Waals surface area contributed by atoms with Crippen LogP contribution in [0.1, 0.15) is 119 Å². The van der Waals surface area contributed by atoms with Gasteiger partial charge in [-0.3, -0.25) is 0 Å². The van der Waals surface area contributed by atoms with Crippen molar-refractivity contribution < 1.29 is 4.39 Å². The molecule has 0 bridgehead atoms. The molecule has 4 heteroatoms. The van der Waals surface area contributed by atoms with Gasteiger partial charge in [-0.2, -0.15) is 5.26 Å². The number of hydrogen-bond acceptors (Lipinski definition) is 3. The zero-order valence-corrected chi connectivity index (χ0v) is 31.2. The zero-order valence-electron chi connectivity index (χ0n) is 31.2. The number of halogens is 1. The monoisotopic (exact) mass is 632 g/mol. The number of allylic oxidation sites excluding steroid dienone is 5. The van der Waals surface area contributed by atoms with E-state index in [0.29, 0.717) is 11.5 Å². The van der Waals surface area contributed by atoms with Gasteiger partial charge in [-0.1, -0.05) is 110 Å². The van der Waals surface area contributed by atoms with Gasteiger partial charge in [-0.05, 0) is 117 Å². The number of aryl methyl sites for hydroxylation is 1. The van der Waals surface area contributed by atoms with E-state index >= 15 is 0 Å². The van der Waals surface area contributed by atoms with Crippen LogP contribution in [0.2, 0.25) is 0 Å². The third-order valence-electron chi connectivity index (χ3n) is 6.25. The summed E-state index contributed by atoms with van der Waals surface area (Å²) in [6, 6.07) is 16.7. The Bertz CT molecular complexity index is 1240. The highest BCUT2D eigenvalue weighted by atomic mass is 19.1. The quantitative estimate of drug-likeness (QED) is 0.181. The molecule has 0 aromatic heterocycles. The van der Waals surface area contributed by atoms with Crippen LogP contribution < -0.4 is 11.1 Å². The number of nitrogens with one attached hydrogen (secondary N) is 1. The SMILES string of the molecule is C=C(C)C.C=C(CC)/C(=C\C(C)=C(/C)c1ccccc1C#N)C(=C)NCC(C)C.CC.CCCCN.CCCc1cccc(F)c1. The van der Waals surface area contributed by atoms with Gasteiger partial charge >= 0.3 is 0 Å². The zero-order chi connectivity index (χ0) is 36.1. The van der Waals surface area contributed by atoms with Crippen molar-refractivity contribution in [1.29, 1.82) is 5.26 Å². The van der Waals surface area contributed by atoms with Crippen molar-refractivity contribution in [2.24, 2.45) is 11.7 Å². The first-order valence-electron chi connectivity index (χ1n) is 16.9. The number of unbranched alkanes of at least 4 members (excludes halogenated alkanes) is 1. The van der Waals surface area contributed by atoms with Gasteiger partial charge in [0.05, 0.1) is 11.6 Å². The van der Waals surface area contributed by atoms with E-state index in [1.165, 1.54) is 24.5 Å². The van der Waals surface area contributed by atoms with Crippen molar-refractivity contribution in [2.75, 3.05) is 13.1 Å². The van der Waals surface area contributed by atoms with Crippen LogP contribution >= 0.6 is 0 Å². The Labute approximate surface area is 283 Å². The van der Waals surface area contributed by atoms with Gasteiger partial charge in [0.2, 0.25) is 0 Å². The highest BCUT2D eigenvalue weighted by Crippen LogP contribution is 2.26. The fraction of sp³-hybridized carbons (Fsp3) is 0.452. The molecule has 0 aliphatic carbocycles. The molecule has 0 amide bonds. The molecule has 0 spiro atoms. The van der Waals surface area contributed by atoms with Crippen molar-refractivity contribution in [3.8, 4) is 6.07 Å². The van der Waals surface area contributed by atoms with Crippen LogP contribution in [0.15, 0.2) is 102 Å². The van der Waals surface area contributed by atoms with Gasteiger partial charge in [-0.15, -0.1) is 6.58 Å². The Hall–Kier alpha value is -3.68. The summed E-state index contributed by atoms with van der Waals surface area (Å²) in [5, 5.41) is 12.7. The molecular weight excluding hydrogens is 565 g/mol. The first-order valence-corrected chi connectivity index (χ1v) is 16.9. The largest absolute Gasteiger partial charge is 0.385 e. The predicted octanol–water partition coefficient (Wildman–Crippen LogP) is 12.1. The van der Waals surface area contributed by atoms with Crippen molar-refractivity contribution in [3.05, 3.63) is 125 Å². The van der Waals surface area contributed by atoms with E-state index in [1.807, 2.05) is 58.0 Å². The van der Waals surface area contributed by atoms with E-state index in [1.54, 1.807) is 12.1 Å². The third-order valence-corrected chi connectivity index (χ3v) is 6.25. The smallest absolute Gasteiger partial charge is 0.123 e. The summed E-state index contributed by atoms with van der Waals surface area (Å²) in [5.74, 6) is 0.416. The molecule has 3 N–H and O–H groups in total. The summed E-state index contributed by atoms with van der Waals surface area (Å²) < 4.78 is 12.5. The molecule has 0 unspecified atom stereocenters. The van der Waals surface area contributed by atoms with Gasteiger partial charge in [0.25, 0.3) is 0 Å². The fourth-order valence-corrected chi connectivity index (χ4v) is 3.65. The molecule has 2 aromatic carbocycles. The van der Waals surface area contributed by atoms with Gasteiger partial charge in [0.15, 0.2) is 0 Å². The van der Waals surface area contributed by atoms with Crippen molar-refractivity contribution in [3.63, 3.8) is 0 Å². The second kappa shape index (κ2) is 30.0. The summed E-state index contributed by atoms with van der Waals surface area (Å²) in [6.07, 6.45) is 7.43. The maximum absolute atomic E-state index is 12.5. The Morgan fingerprint density at radius 3 is 1.98 bits per heavy atom. The van der Waals surface area contributed by atoms with Crippen molar-refractivity contribution in [1.82, 2.24) is 5.32 Å². The van der Waals surface area contributed by atoms with E-state index in [4.69, 9.17) is 5.73 Å². The number of nitriles is 1. The standard InChI is InChI=1S/C23H30N2.C9H11F.C4H11N.C4H8.C2H6/c1-8-17(4)23(20(7)25-15-16(2)3)13-18(5)19(6)22-12-10-9-11-21(22)14-24;1-2-4-8-5-3-6-9(10)7-8;1-2-3-4-5;1-4(2)3;1-2/h9-13,16,25H,4,7-8,15H2,1-3,5-6H3;3,5-7H,2,4H2,1H3;2-5H2,1H3;1H2,2-3H3;1-2H3/b19-18+,23-13+;;;;. The maximum atomic E-state index is 12.5. The van der Waals surface area contributed by atoms with Crippen LogP contribution in [-0.4, -0.2) is 13.1 Å². The lowest BCUT2D eigenvalue weighted by atomic mass is 9.94. The lowest BCUT2D eigenvalue weighted by Gasteiger charge is -2.17. The summed E-state index contributed by atoms with van der Waals surface area (Å²) in [5.41, 5.74) is 14.3. The molecule has 0 saturated heterocycles. The molecule has 0 aliphatic rings. The molecule has 2 aromatic rings. The summed E-state index contributed by atoms with van der Waals surface area (Å²) in [7, 11) is 0. The number of hydrogen-bond donors (Lipinski definition) is 2. The summed E-state index contributed by atoms with van der Waals surface area (Å²) in [6.45, 7) is 36.4. The molecule has 3 nitrogen and oxygen atoms in total. The minimum Gasteiger partial charge on any atom is -0.385 e. The maximum Gasteiger partial charge on any atom is 0.123 e.